The van der Waals surface area contributed by atoms with Crippen LogP contribution in [-0.2, 0) is 0 Å². The molecule has 3 aliphatic carbocycles. The number of hydrogen-bond donors (Lipinski definition) is 0. The molecule has 3 fully saturated rings. The lowest BCUT2D eigenvalue weighted by atomic mass is 9.73. The predicted octanol–water partition coefficient (Wildman–Crippen LogP) is 6.38. The maximum absolute atomic E-state index is 2.42. The lowest BCUT2D eigenvalue weighted by Gasteiger charge is -2.32. The van der Waals surface area contributed by atoms with Gasteiger partial charge >= 0.3 is 0 Å². The summed E-state index contributed by atoms with van der Waals surface area (Å²) in [7, 11) is 0. The Kier molecular flexibility index (Phi) is 3.51. The molecular weight excluding hydrogens is 296 g/mol. The van der Waals surface area contributed by atoms with Crippen molar-refractivity contribution < 1.29 is 0 Å². The first-order chi connectivity index (χ1) is 11.4. The molecule has 2 aromatic carbocycles. The van der Waals surface area contributed by atoms with Crippen LogP contribution in [0, 0.1) is 23.7 Å². The van der Waals surface area contributed by atoms with Crippen LogP contribution in [0.2, 0.25) is 0 Å². The first-order valence-corrected chi connectivity index (χ1v) is 10.0. The third-order valence-electron chi connectivity index (χ3n) is 6.72. The van der Waals surface area contributed by atoms with Crippen molar-refractivity contribution in [3.63, 3.8) is 0 Å². The highest BCUT2D eigenvalue weighted by Crippen LogP contribution is 2.63. The zero-order valence-corrected chi connectivity index (χ0v) is 14.3. The minimum absolute atomic E-state index is 0.857. The standard InChI is InChI=1S/C22H24S/c1-2-5-17(6-3-1)23-18-11-9-15(10-12-18)21-13-16-14-22(21)20-8-4-7-19(16)20/h1-3,5-6,9-12,16,19-22H,4,7-8,13-14H2. The van der Waals surface area contributed by atoms with E-state index >= 15 is 0 Å². The van der Waals surface area contributed by atoms with Gasteiger partial charge in [-0.15, -0.1) is 0 Å². The summed E-state index contributed by atoms with van der Waals surface area (Å²) in [6, 6.07) is 20.2. The molecule has 2 aromatic rings. The van der Waals surface area contributed by atoms with E-state index in [0.29, 0.717) is 0 Å². The van der Waals surface area contributed by atoms with Crippen LogP contribution < -0.4 is 0 Å². The molecule has 5 atom stereocenters. The second kappa shape index (κ2) is 5.70. The molecule has 0 amide bonds. The molecule has 0 aliphatic heterocycles. The molecule has 0 N–H and O–H groups in total. The van der Waals surface area contributed by atoms with Gasteiger partial charge in [0.15, 0.2) is 0 Å². The lowest BCUT2D eigenvalue weighted by molar-refractivity contribution is 0.232. The van der Waals surface area contributed by atoms with E-state index < -0.39 is 0 Å². The Bertz CT molecular complexity index is 675. The molecule has 5 rings (SSSR count). The molecule has 23 heavy (non-hydrogen) atoms. The molecule has 0 radical (unpaired) electrons. The summed E-state index contributed by atoms with van der Waals surface area (Å²) in [5, 5.41) is 0. The summed E-state index contributed by atoms with van der Waals surface area (Å²) in [5.74, 6) is 5.08. The van der Waals surface area contributed by atoms with Crippen LogP contribution in [0.25, 0.3) is 0 Å². The van der Waals surface area contributed by atoms with Gasteiger partial charge in [-0.3, -0.25) is 0 Å². The highest BCUT2D eigenvalue weighted by Gasteiger charge is 2.53. The molecule has 0 spiro atoms. The van der Waals surface area contributed by atoms with Crippen molar-refractivity contribution in [3.05, 3.63) is 60.2 Å². The Morgan fingerprint density at radius 1 is 0.696 bits per heavy atom. The summed E-state index contributed by atoms with van der Waals surface area (Å²) in [6.07, 6.45) is 7.55. The van der Waals surface area contributed by atoms with Crippen LogP contribution >= 0.6 is 11.8 Å². The van der Waals surface area contributed by atoms with Gasteiger partial charge in [0, 0.05) is 9.79 Å². The molecule has 0 saturated heterocycles. The van der Waals surface area contributed by atoms with Gasteiger partial charge in [0.05, 0.1) is 0 Å². The van der Waals surface area contributed by atoms with Gasteiger partial charge in [-0.1, -0.05) is 48.5 Å². The monoisotopic (exact) mass is 320 g/mol. The Balaban J connectivity index is 1.33. The number of benzene rings is 2. The predicted molar refractivity (Wildman–Crippen MR) is 96.8 cm³/mol. The fraction of sp³-hybridized carbons (Fsp3) is 0.455. The maximum atomic E-state index is 2.42. The van der Waals surface area contributed by atoms with Crippen molar-refractivity contribution in [2.45, 2.75) is 47.8 Å². The van der Waals surface area contributed by atoms with Crippen LogP contribution in [0.15, 0.2) is 64.4 Å². The van der Waals surface area contributed by atoms with Gasteiger partial charge in [-0.2, -0.15) is 0 Å². The zero-order chi connectivity index (χ0) is 15.2. The van der Waals surface area contributed by atoms with E-state index in [0.717, 1.165) is 29.6 Å². The summed E-state index contributed by atoms with van der Waals surface area (Å²) in [6.45, 7) is 0. The highest BCUT2D eigenvalue weighted by molar-refractivity contribution is 7.99. The van der Waals surface area contributed by atoms with Crippen molar-refractivity contribution in [2.75, 3.05) is 0 Å². The van der Waals surface area contributed by atoms with Crippen molar-refractivity contribution in [1.29, 1.82) is 0 Å². The van der Waals surface area contributed by atoms with Crippen molar-refractivity contribution in [1.82, 2.24) is 0 Å². The van der Waals surface area contributed by atoms with Crippen molar-refractivity contribution in [2.24, 2.45) is 23.7 Å². The van der Waals surface area contributed by atoms with Crippen LogP contribution in [0.4, 0.5) is 0 Å². The Labute approximate surface area is 143 Å². The molecule has 118 valence electrons. The average Bonchev–Trinajstić information content (AvgIpc) is 3.30. The van der Waals surface area contributed by atoms with E-state index in [2.05, 4.69) is 54.6 Å². The van der Waals surface area contributed by atoms with Gasteiger partial charge in [0.25, 0.3) is 0 Å². The fourth-order valence-corrected chi connectivity index (χ4v) is 6.70. The van der Waals surface area contributed by atoms with E-state index in [-0.39, 0.29) is 0 Å². The van der Waals surface area contributed by atoms with Gasteiger partial charge in [-0.05, 0) is 85.1 Å². The second-order valence-electron chi connectivity index (χ2n) is 7.74. The van der Waals surface area contributed by atoms with Gasteiger partial charge in [-0.25, -0.2) is 0 Å². The lowest BCUT2D eigenvalue weighted by Crippen LogP contribution is -2.23. The Morgan fingerprint density at radius 3 is 2.26 bits per heavy atom. The average molecular weight is 321 g/mol. The minimum atomic E-state index is 0.857. The SMILES string of the molecule is c1ccc(Sc2ccc(C3CC4CC3C3CCCC43)cc2)cc1. The Hall–Kier alpha value is -1.21. The molecular formula is C22H24S. The van der Waals surface area contributed by atoms with Gasteiger partial charge in [0.2, 0.25) is 0 Å². The van der Waals surface area contributed by atoms with Crippen molar-refractivity contribution in [3.8, 4) is 0 Å². The van der Waals surface area contributed by atoms with E-state index in [1.54, 1.807) is 5.56 Å². The fourth-order valence-electron chi connectivity index (χ4n) is 5.86. The largest absolute Gasteiger partial charge is 0.0901 e. The highest BCUT2D eigenvalue weighted by atomic mass is 32.2. The minimum Gasteiger partial charge on any atom is -0.0901 e. The third-order valence-corrected chi connectivity index (χ3v) is 7.73. The molecule has 0 aromatic heterocycles. The molecule has 0 heterocycles. The molecule has 5 unspecified atom stereocenters. The van der Waals surface area contributed by atoms with Gasteiger partial charge < -0.3 is 0 Å². The second-order valence-corrected chi connectivity index (χ2v) is 8.89. The molecule has 3 aliphatic rings. The first kappa shape index (κ1) is 14.2. The van der Waals surface area contributed by atoms with Gasteiger partial charge in [0.1, 0.15) is 0 Å². The van der Waals surface area contributed by atoms with Crippen LogP contribution in [0.5, 0.6) is 0 Å². The summed E-state index contributed by atoms with van der Waals surface area (Å²) in [4.78, 5) is 2.69. The van der Waals surface area contributed by atoms with Crippen LogP contribution in [-0.4, -0.2) is 0 Å². The van der Waals surface area contributed by atoms with Crippen LogP contribution in [0.1, 0.15) is 43.6 Å². The summed E-state index contributed by atoms with van der Waals surface area (Å²) in [5.41, 5.74) is 1.61. The van der Waals surface area contributed by atoms with E-state index in [1.165, 1.54) is 41.9 Å². The Morgan fingerprint density at radius 2 is 1.43 bits per heavy atom. The molecule has 3 saturated carbocycles. The maximum Gasteiger partial charge on any atom is 0.0122 e. The summed E-state index contributed by atoms with van der Waals surface area (Å²) >= 11 is 1.87. The normalized spacial score (nSPS) is 34.7. The zero-order valence-electron chi connectivity index (χ0n) is 13.5. The molecule has 1 heteroatoms. The van der Waals surface area contributed by atoms with E-state index in [9.17, 15) is 0 Å². The molecule has 2 bridgehead atoms. The number of hydrogen-bond acceptors (Lipinski definition) is 1. The number of rotatable bonds is 3. The smallest absolute Gasteiger partial charge is 0.0122 e. The van der Waals surface area contributed by atoms with E-state index in [4.69, 9.17) is 0 Å². The first-order valence-electron chi connectivity index (χ1n) is 9.21. The van der Waals surface area contributed by atoms with Crippen LogP contribution in [0.3, 0.4) is 0 Å². The van der Waals surface area contributed by atoms with Crippen molar-refractivity contribution >= 4 is 11.8 Å². The van der Waals surface area contributed by atoms with E-state index in [1.807, 2.05) is 11.8 Å². The number of fused-ring (bicyclic) bond motifs is 5. The quantitative estimate of drug-likeness (QED) is 0.632. The third kappa shape index (κ3) is 2.45. The summed E-state index contributed by atoms with van der Waals surface area (Å²) < 4.78 is 0. The molecule has 0 nitrogen and oxygen atoms in total. The topological polar surface area (TPSA) is 0 Å².